The molecule has 0 unspecified atom stereocenters. The molecule has 0 bridgehead atoms. The fourth-order valence-corrected chi connectivity index (χ4v) is 9.19. The fraction of sp³-hybridized carbons (Fsp3) is 0.231. The number of aromatic hydroxyl groups is 1. The van der Waals surface area contributed by atoms with E-state index in [0.29, 0.717) is 39.0 Å². The zero-order valence-electron chi connectivity index (χ0n) is 28.1. The molecule has 2 aliphatic carbocycles. The largest absolute Gasteiger partial charge is 0.508 e. The van der Waals surface area contributed by atoms with Gasteiger partial charge in [-0.1, -0.05) is 65.2 Å². The van der Waals surface area contributed by atoms with E-state index >= 15 is 4.79 Å². The molecule has 11 nitrogen and oxygen atoms in total. The van der Waals surface area contributed by atoms with Gasteiger partial charge in [0.15, 0.2) is 5.82 Å². The predicted molar refractivity (Wildman–Crippen MR) is 191 cm³/mol. The number of phenols is 1. The number of carbonyl (C=O) groups excluding carboxylic acids is 4. The standard InChI is InChI=1S/C39H27Cl2F3N4O7/c40-22-8-6-20(7-9-22)38-28(34(51)48(37(38)55)46-32-29(41)15-21(17-45-32)39(42,43)44)16-27-25(31(38)18-4-10-24(49)11-5-18)12-13-26-30(27)35(52)47(33(26)50)23-3-1-2-19(14-23)36(53)54/h1-12,14-15,17,26-28,30-31,49H,13,16H2,(H,45,46)(H,53,54)/t26-,27+,28-,30-,31-,38+/m0/s1. The van der Waals surface area contributed by atoms with E-state index in [1.807, 2.05) is 6.08 Å². The highest BCUT2D eigenvalue weighted by Crippen LogP contribution is 2.64. The predicted octanol–water partition coefficient (Wildman–Crippen LogP) is 7.00. The van der Waals surface area contributed by atoms with Crippen molar-refractivity contribution < 1.29 is 47.4 Å². The third kappa shape index (κ3) is 5.57. The van der Waals surface area contributed by atoms with Gasteiger partial charge >= 0.3 is 12.1 Å². The number of phenolic OH excluding ortho intramolecular Hbond substituents is 1. The number of benzene rings is 3. The van der Waals surface area contributed by atoms with Crippen molar-refractivity contribution in [2.45, 2.75) is 30.4 Å². The molecule has 55 heavy (non-hydrogen) atoms. The molecule has 4 amide bonds. The Bertz CT molecular complexity index is 2350. The Kier molecular flexibility index (Phi) is 8.54. The first-order valence-electron chi connectivity index (χ1n) is 17.0. The normalized spacial score (nSPS) is 26.1. The first kappa shape index (κ1) is 36.3. The summed E-state index contributed by atoms with van der Waals surface area (Å²) in [5.41, 5.74) is 1.08. The molecule has 8 rings (SSSR count). The molecule has 3 heterocycles. The summed E-state index contributed by atoms with van der Waals surface area (Å²) in [5, 5.41) is 20.4. The van der Waals surface area contributed by atoms with Crippen LogP contribution in [0.3, 0.4) is 0 Å². The average molecular weight is 792 g/mol. The summed E-state index contributed by atoms with van der Waals surface area (Å²) >= 11 is 12.5. The average Bonchev–Trinajstić information content (AvgIpc) is 3.53. The van der Waals surface area contributed by atoms with Gasteiger partial charge in [-0.3, -0.25) is 29.5 Å². The van der Waals surface area contributed by atoms with Crippen molar-refractivity contribution in [1.82, 2.24) is 9.99 Å². The minimum atomic E-state index is -4.77. The number of amides is 4. The highest BCUT2D eigenvalue weighted by atomic mass is 35.5. The third-order valence-electron chi connectivity index (χ3n) is 11.1. The summed E-state index contributed by atoms with van der Waals surface area (Å²) in [7, 11) is 0. The number of carbonyl (C=O) groups is 5. The van der Waals surface area contributed by atoms with Crippen molar-refractivity contribution in [3.8, 4) is 5.75 Å². The maximum Gasteiger partial charge on any atom is 0.417 e. The molecule has 0 spiro atoms. The molecule has 3 N–H and O–H groups in total. The number of halogens is 5. The number of nitrogens with one attached hydrogen (secondary N) is 1. The van der Waals surface area contributed by atoms with Gasteiger partial charge in [-0.05, 0) is 78.4 Å². The van der Waals surface area contributed by atoms with Crippen LogP contribution in [0.1, 0.15) is 45.8 Å². The molecule has 4 aliphatic rings. The van der Waals surface area contributed by atoms with Crippen molar-refractivity contribution in [1.29, 1.82) is 0 Å². The summed E-state index contributed by atoms with van der Waals surface area (Å²) in [4.78, 5) is 74.9. The quantitative estimate of drug-likeness (QED) is 0.138. The van der Waals surface area contributed by atoms with Crippen molar-refractivity contribution in [2.24, 2.45) is 23.7 Å². The summed E-state index contributed by atoms with van der Waals surface area (Å²) < 4.78 is 40.3. The van der Waals surface area contributed by atoms with Crippen molar-refractivity contribution in [3.63, 3.8) is 0 Å². The summed E-state index contributed by atoms with van der Waals surface area (Å²) in [5.74, 6) is -9.29. The molecule has 2 aliphatic heterocycles. The Morgan fingerprint density at radius 3 is 2.27 bits per heavy atom. The van der Waals surface area contributed by atoms with Crippen LogP contribution in [-0.2, 0) is 30.8 Å². The summed E-state index contributed by atoms with van der Waals surface area (Å²) in [6.45, 7) is 0. The summed E-state index contributed by atoms with van der Waals surface area (Å²) in [6.07, 6.45) is -2.47. The Labute approximate surface area is 319 Å². The lowest BCUT2D eigenvalue weighted by atomic mass is 9.49. The second kappa shape index (κ2) is 12.9. The van der Waals surface area contributed by atoms with E-state index in [1.54, 1.807) is 36.4 Å². The smallest absolute Gasteiger partial charge is 0.417 e. The van der Waals surface area contributed by atoms with Crippen LogP contribution in [0, 0.1) is 23.7 Å². The zero-order valence-corrected chi connectivity index (χ0v) is 29.6. The second-order valence-corrected chi connectivity index (χ2v) is 14.7. The molecule has 4 aromatic rings. The van der Waals surface area contributed by atoms with Gasteiger partial charge in [-0.25, -0.2) is 9.78 Å². The molecule has 0 radical (unpaired) electrons. The topological polar surface area (TPSA) is 157 Å². The first-order chi connectivity index (χ1) is 26.1. The summed E-state index contributed by atoms with van der Waals surface area (Å²) in [6, 6.07) is 18.4. The number of fused-ring (bicyclic) bond motifs is 4. The molecule has 6 atom stereocenters. The van der Waals surface area contributed by atoms with E-state index < -0.39 is 87.2 Å². The van der Waals surface area contributed by atoms with Gasteiger partial charge in [0.1, 0.15) is 5.75 Å². The number of hydrazine groups is 1. The number of carboxylic acids is 1. The lowest BCUT2D eigenvalue weighted by Crippen LogP contribution is -2.53. The number of anilines is 2. The number of aromatic carboxylic acids is 1. The van der Waals surface area contributed by atoms with Crippen molar-refractivity contribution in [3.05, 3.63) is 129 Å². The van der Waals surface area contributed by atoms with Crippen LogP contribution in [0.2, 0.25) is 10.0 Å². The highest BCUT2D eigenvalue weighted by Gasteiger charge is 2.70. The number of hydrogen-bond donors (Lipinski definition) is 3. The molecule has 2 saturated heterocycles. The number of carboxylic acid groups (broad SMARTS) is 1. The number of nitrogens with zero attached hydrogens (tertiary/aromatic N) is 3. The molecule has 16 heteroatoms. The van der Waals surface area contributed by atoms with Gasteiger partial charge in [-0.15, -0.1) is 0 Å². The van der Waals surface area contributed by atoms with Crippen molar-refractivity contribution >= 4 is 64.3 Å². The van der Waals surface area contributed by atoms with E-state index in [1.165, 1.54) is 36.4 Å². The van der Waals surface area contributed by atoms with Crippen molar-refractivity contribution in [2.75, 3.05) is 10.3 Å². The van der Waals surface area contributed by atoms with Crippen LogP contribution in [-0.4, -0.2) is 49.8 Å². The van der Waals surface area contributed by atoms with Crippen LogP contribution in [0.25, 0.3) is 0 Å². The molecular formula is C39H27Cl2F3N4O7. The molecule has 280 valence electrons. The van der Waals surface area contributed by atoms with Gasteiger partial charge in [0.25, 0.3) is 11.8 Å². The molecule has 3 aromatic carbocycles. The number of hydrogen-bond acceptors (Lipinski definition) is 8. The SMILES string of the molecule is O=C(O)c1cccc(N2C(=O)[C@H]3[C@H](CC=C4[C@H]3C[C@H]3C(=O)N(Nc5ncc(C(F)(F)F)cc5Cl)C(=O)[C@@]3(c3ccc(Cl)cc3)[C@H]4c3ccc(O)cc3)C2=O)c1. The number of alkyl halides is 3. The maximum atomic E-state index is 15.2. The highest BCUT2D eigenvalue weighted by molar-refractivity contribution is 6.33. The van der Waals surface area contributed by atoms with Crippen LogP contribution in [0.4, 0.5) is 24.7 Å². The molecule has 3 fully saturated rings. The second-order valence-electron chi connectivity index (χ2n) is 13.9. The van der Waals surface area contributed by atoms with Crippen LogP contribution >= 0.6 is 23.2 Å². The zero-order chi connectivity index (χ0) is 39.1. The van der Waals surface area contributed by atoms with E-state index in [2.05, 4.69) is 10.4 Å². The van der Waals surface area contributed by atoms with Crippen LogP contribution in [0.15, 0.2) is 96.7 Å². The van der Waals surface area contributed by atoms with E-state index in [9.17, 15) is 42.6 Å². The van der Waals surface area contributed by atoms with Gasteiger partial charge in [-0.2, -0.15) is 18.2 Å². The number of allylic oxidation sites excluding steroid dienone is 2. The monoisotopic (exact) mass is 790 g/mol. The van der Waals surface area contributed by atoms with Crippen LogP contribution < -0.4 is 10.3 Å². The van der Waals surface area contributed by atoms with Crippen LogP contribution in [0.5, 0.6) is 5.75 Å². The Hall–Kier alpha value is -5.73. The first-order valence-corrected chi connectivity index (χ1v) is 17.7. The third-order valence-corrected chi connectivity index (χ3v) is 11.7. The number of imide groups is 2. The number of pyridine rings is 1. The lowest BCUT2D eigenvalue weighted by Gasteiger charge is -2.50. The molecule has 1 saturated carbocycles. The Morgan fingerprint density at radius 1 is 0.909 bits per heavy atom. The minimum Gasteiger partial charge on any atom is -0.508 e. The lowest BCUT2D eigenvalue weighted by molar-refractivity contribution is -0.139. The number of aromatic nitrogens is 1. The molecular weight excluding hydrogens is 764 g/mol. The van der Waals surface area contributed by atoms with E-state index in [0.717, 1.165) is 4.90 Å². The Balaban J connectivity index is 1.29. The maximum absolute atomic E-state index is 15.2. The van der Waals surface area contributed by atoms with E-state index in [4.69, 9.17) is 23.2 Å². The molecule has 1 aromatic heterocycles. The van der Waals surface area contributed by atoms with Gasteiger partial charge in [0, 0.05) is 17.1 Å². The fourth-order valence-electron chi connectivity index (χ4n) is 8.86. The van der Waals surface area contributed by atoms with Gasteiger partial charge < -0.3 is 10.2 Å². The van der Waals surface area contributed by atoms with Gasteiger partial charge in [0.2, 0.25) is 11.8 Å². The van der Waals surface area contributed by atoms with Gasteiger partial charge in [0.05, 0.1) is 45.0 Å². The Morgan fingerprint density at radius 2 is 1.62 bits per heavy atom. The minimum absolute atomic E-state index is 0.0793. The number of rotatable bonds is 6. The van der Waals surface area contributed by atoms with E-state index in [-0.39, 0.29) is 29.8 Å².